The number of hydrogen-bond acceptors (Lipinski definition) is 4. The molecule has 1 aromatic carbocycles. The third-order valence-corrected chi connectivity index (χ3v) is 2.71. The van der Waals surface area contributed by atoms with Gasteiger partial charge in [-0.3, -0.25) is 0 Å². The predicted octanol–water partition coefficient (Wildman–Crippen LogP) is 2.58. The van der Waals surface area contributed by atoms with Crippen molar-refractivity contribution in [2.24, 2.45) is 0 Å². The zero-order chi connectivity index (χ0) is 13.4. The summed E-state index contributed by atoms with van der Waals surface area (Å²) in [5, 5.41) is 18.3. The van der Waals surface area contributed by atoms with E-state index < -0.39 is 0 Å². The van der Waals surface area contributed by atoms with E-state index in [2.05, 4.69) is 12.1 Å². The molecule has 1 rings (SSSR count). The van der Waals surface area contributed by atoms with Crippen LogP contribution in [0, 0.1) is 22.7 Å². The van der Waals surface area contributed by atoms with Crippen molar-refractivity contribution < 1.29 is 4.74 Å². The molecule has 0 unspecified atom stereocenters. The van der Waals surface area contributed by atoms with Crippen LogP contribution in [0.3, 0.4) is 0 Å². The summed E-state index contributed by atoms with van der Waals surface area (Å²) in [7, 11) is 1.62. The van der Waals surface area contributed by atoms with Crippen molar-refractivity contribution in [3.8, 4) is 12.1 Å². The van der Waals surface area contributed by atoms with E-state index in [4.69, 9.17) is 26.9 Å². The molecule has 0 N–H and O–H groups in total. The number of ether oxygens (including phenoxy) is 1. The Kier molecular flexibility index (Phi) is 6.00. The average Bonchev–Trinajstić information content (AvgIpc) is 2.39. The lowest BCUT2D eigenvalue weighted by atomic mass is 10.1. The molecule has 0 heterocycles. The Labute approximate surface area is 112 Å². The standard InChI is InChI=1S/C13H14ClN3O/c1-18-8-7-17(6-2-5-15)13-4-3-12(14)9-11(13)10-16/h3-4,9H,2,6-8H2,1H3. The van der Waals surface area contributed by atoms with Crippen molar-refractivity contribution >= 4 is 17.3 Å². The monoisotopic (exact) mass is 263 g/mol. The van der Waals surface area contributed by atoms with Crippen molar-refractivity contribution in [3.05, 3.63) is 28.8 Å². The molecular weight excluding hydrogens is 250 g/mol. The van der Waals surface area contributed by atoms with E-state index in [1.54, 1.807) is 25.3 Å². The number of anilines is 1. The van der Waals surface area contributed by atoms with E-state index >= 15 is 0 Å². The second kappa shape index (κ2) is 7.55. The van der Waals surface area contributed by atoms with E-state index in [9.17, 15) is 0 Å². The maximum Gasteiger partial charge on any atom is 0.101 e. The van der Waals surface area contributed by atoms with Gasteiger partial charge in [0.1, 0.15) is 6.07 Å². The summed E-state index contributed by atoms with van der Waals surface area (Å²) in [5.41, 5.74) is 1.30. The van der Waals surface area contributed by atoms with E-state index in [0.29, 0.717) is 36.7 Å². The van der Waals surface area contributed by atoms with Crippen molar-refractivity contribution in [1.29, 1.82) is 10.5 Å². The van der Waals surface area contributed by atoms with E-state index in [0.717, 1.165) is 5.69 Å². The summed E-state index contributed by atoms with van der Waals surface area (Å²) < 4.78 is 5.04. The molecule has 0 aromatic heterocycles. The normalized spacial score (nSPS) is 9.56. The topological polar surface area (TPSA) is 60.0 Å². The van der Waals surface area contributed by atoms with Gasteiger partial charge in [0.2, 0.25) is 0 Å². The molecule has 0 amide bonds. The first-order valence-corrected chi connectivity index (χ1v) is 5.91. The van der Waals surface area contributed by atoms with Crippen LogP contribution in [0.1, 0.15) is 12.0 Å². The van der Waals surface area contributed by atoms with Gasteiger partial charge < -0.3 is 9.64 Å². The van der Waals surface area contributed by atoms with Gasteiger partial charge in [-0.15, -0.1) is 0 Å². The Hall–Kier alpha value is -1.75. The molecule has 18 heavy (non-hydrogen) atoms. The molecule has 94 valence electrons. The molecule has 5 heteroatoms. The van der Waals surface area contributed by atoms with Gasteiger partial charge in [-0.1, -0.05) is 11.6 Å². The fraction of sp³-hybridized carbons (Fsp3) is 0.385. The highest BCUT2D eigenvalue weighted by Gasteiger charge is 2.11. The Bertz CT molecular complexity index is 476. The highest BCUT2D eigenvalue weighted by atomic mass is 35.5. The SMILES string of the molecule is COCCN(CCC#N)c1ccc(Cl)cc1C#N. The van der Waals surface area contributed by atoms with Crippen LogP contribution in [-0.2, 0) is 4.74 Å². The van der Waals surface area contributed by atoms with Gasteiger partial charge in [-0.25, -0.2) is 0 Å². The molecule has 0 radical (unpaired) electrons. The Morgan fingerprint density at radius 1 is 1.33 bits per heavy atom. The van der Waals surface area contributed by atoms with Crippen LogP contribution in [0.5, 0.6) is 0 Å². The van der Waals surface area contributed by atoms with Gasteiger partial charge in [-0.2, -0.15) is 10.5 Å². The van der Waals surface area contributed by atoms with Gasteiger partial charge in [0.25, 0.3) is 0 Å². The Balaban J connectivity index is 2.97. The molecule has 0 fully saturated rings. The lowest BCUT2D eigenvalue weighted by Crippen LogP contribution is -2.28. The van der Waals surface area contributed by atoms with Crippen LogP contribution in [0.15, 0.2) is 18.2 Å². The maximum atomic E-state index is 9.11. The fourth-order valence-corrected chi connectivity index (χ4v) is 1.78. The van der Waals surface area contributed by atoms with Gasteiger partial charge >= 0.3 is 0 Å². The van der Waals surface area contributed by atoms with Crippen LogP contribution < -0.4 is 4.90 Å². The number of halogens is 1. The summed E-state index contributed by atoms with van der Waals surface area (Å²) >= 11 is 5.86. The number of benzene rings is 1. The first-order valence-electron chi connectivity index (χ1n) is 5.53. The highest BCUT2D eigenvalue weighted by Crippen LogP contribution is 2.23. The molecule has 0 saturated carbocycles. The highest BCUT2D eigenvalue weighted by molar-refractivity contribution is 6.30. The van der Waals surface area contributed by atoms with Gasteiger partial charge in [0.15, 0.2) is 0 Å². The minimum absolute atomic E-state index is 0.400. The van der Waals surface area contributed by atoms with Crippen LogP contribution >= 0.6 is 11.6 Å². The largest absolute Gasteiger partial charge is 0.383 e. The molecular formula is C13H14ClN3O. The second-order valence-corrected chi connectivity index (χ2v) is 4.10. The molecule has 0 aliphatic carbocycles. The van der Waals surface area contributed by atoms with Crippen LogP contribution in [0.4, 0.5) is 5.69 Å². The number of methoxy groups -OCH3 is 1. The van der Waals surface area contributed by atoms with Gasteiger partial charge in [0.05, 0.1) is 30.3 Å². The fourth-order valence-electron chi connectivity index (χ4n) is 1.61. The van der Waals surface area contributed by atoms with Crippen molar-refractivity contribution in [3.63, 3.8) is 0 Å². The molecule has 0 aliphatic rings. The summed E-state index contributed by atoms with van der Waals surface area (Å²) in [6.07, 6.45) is 0.400. The number of rotatable bonds is 6. The number of hydrogen-bond donors (Lipinski definition) is 0. The first-order chi connectivity index (χ1) is 8.72. The second-order valence-electron chi connectivity index (χ2n) is 3.66. The zero-order valence-electron chi connectivity index (χ0n) is 10.2. The Morgan fingerprint density at radius 2 is 2.11 bits per heavy atom. The minimum Gasteiger partial charge on any atom is -0.383 e. The van der Waals surface area contributed by atoms with Gasteiger partial charge in [-0.05, 0) is 18.2 Å². The van der Waals surface area contributed by atoms with Crippen LogP contribution in [0.2, 0.25) is 5.02 Å². The summed E-state index contributed by atoms with van der Waals surface area (Å²) in [6.45, 7) is 1.74. The van der Waals surface area contributed by atoms with Crippen molar-refractivity contribution in [2.75, 3.05) is 31.7 Å². The minimum atomic E-state index is 0.400. The summed E-state index contributed by atoms with van der Waals surface area (Å²) in [4.78, 5) is 1.96. The third kappa shape index (κ3) is 3.92. The van der Waals surface area contributed by atoms with Crippen LogP contribution in [0.25, 0.3) is 0 Å². The number of nitrogens with zero attached hydrogens (tertiary/aromatic N) is 3. The summed E-state index contributed by atoms with van der Waals surface area (Å²) in [6, 6.07) is 9.39. The molecule has 0 aliphatic heterocycles. The lowest BCUT2D eigenvalue weighted by Gasteiger charge is -2.24. The molecule has 0 atom stereocenters. The number of nitriles is 2. The molecule has 0 bridgehead atoms. The van der Waals surface area contributed by atoms with E-state index in [-0.39, 0.29) is 0 Å². The molecule has 4 nitrogen and oxygen atoms in total. The van der Waals surface area contributed by atoms with Gasteiger partial charge in [0, 0.05) is 25.2 Å². The maximum absolute atomic E-state index is 9.11. The quantitative estimate of drug-likeness (QED) is 0.791. The lowest BCUT2D eigenvalue weighted by molar-refractivity contribution is 0.205. The summed E-state index contributed by atoms with van der Waals surface area (Å²) in [5.74, 6) is 0. The smallest absolute Gasteiger partial charge is 0.101 e. The van der Waals surface area contributed by atoms with Crippen molar-refractivity contribution in [1.82, 2.24) is 0 Å². The van der Waals surface area contributed by atoms with Crippen molar-refractivity contribution in [2.45, 2.75) is 6.42 Å². The molecule has 1 aromatic rings. The third-order valence-electron chi connectivity index (χ3n) is 2.48. The molecule has 0 spiro atoms. The van der Waals surface area contributed by atoms with Crippen LogP contribution in [-0.4, -0.2) is 26.8 Å². The predicted molar refractivity (Wildman–Crippen MR) is 70.5 cm³/mol. The first kappa shape index (κ1) is 14.3. The van der Waals surface area contributed by atoms with E-state index in [1.165, 1.54) is 0 Å². The molecule has 0 saturated heterocycles. The Morgan fingerprint density at radius 3 is 2.72 bits per heavy atom. The zero-order valence-corrected chi connectivity index (χ0v) is 10.9. The van der Waals surface area contributed by atoms with E-state index in [1.807, 2.05) is 4.90 Å². The average molecular weight is 264 g/mol.